The molecule has 5 amide bonds. The second-order valence-electron chi connectivity index (χ2n) is 14.9. The lowest BCUT2D eigenvalue weighted by molar-refractivity contribution is -0.153. The van der Waals surface area contributed by atoms with Gasteiger partial charge in [0.15, 0.2) is 0 Å². The van der Waals surface area contributed by atoms with Gasteiger partial charge in [-0.3, -0.25) is 19.2 Å². The molecule has 12 nitrogen and oxygen atoms in total. The van der Waals surface area contributed by atoms with Crippen LogP contribution in [0.5, 0.6) is 0 Å². The van der Waals surface area contributed by atoms with Crippen molar-refractivity contribution in [3.05, 3.63) is 48.6 Å². The van der Waals surface area contributed by atoms with Crippen LogP contribution in [0.2, 0.25) is 0 Å². The quantitative estimate of drug-likeness (QED) is 0.144. The van der Waals surface area contributed by atoms with Gasteiger partial charge in [0.25, 0.3) is 5.91 Å². The Morgan fingerprint density at radius 2 is 1.53 bits per heavy atom. The predicted octanol–water partition coefficient (Wildman–Crippen LogP) is 3.16. The van der Waals surface area contributed by atoms with E-state index in [-0.39, 0.29) is 24.8 Å². The normalized spacial score (nSPS) is 20.6. The van der Waals surface area contributed by atoms with E-state index in [1.807, 2.05) is 30.3 Å². The van der Waals surface area contributed by atoms with E-state index in [1.54, 1.807) is 54.5 Å². The molecule has 1 aromatic rings. The average Bonchev–Trinajstić information content (AvgIpc) is 3.70. The third-order valence-electron chi connectivity index (χ3n) is 8.72. The summed E-state index contributed by atoms with van der Waals surface area (Å²) < 4.78 is 5.72. The van der Waals surface area contributed by atoms with Crippen molar-refractivity contribution in [2.24, 2.45) is 28.4 Å². The molecule has 1 aromatic carbocycles. The van der Waals surface area contributed by atoms with Crippen molar-refractivity contribution in [3.63, 3.8) is 0 Å². The summed E-state index contributed by atoms with van der Waals surface area (Å²) in [7, 11) is 0. The van der Waals surface area contributed by atoms with E-state index in [9.17, 15) is 28.8 Å². The summed E-state index contributed by atoms with van der Waals surface area (Å²) in [6.07, 6.45) is 3.44. The highest BCUT2D eigenvalue weighted by Gasteiger charge is 2.46. The number of hydrogen-bond donors (Lipinski definition) is 4. The Balaban J connectivity index is 1.78. The van der Waals surface area contributed by atoms with Crippen molar-refractivity contribution in [2.75, 3.05) is 6.54 Å². The molecule has 12 heteroatoms. The van der Waals surface area contributed by atoms with Crippen LogP contribution in [0.1, 0.15) is 85.8 Å². The van der Waals surface area contributed by atoms with Crippen LogP contribution in [0.15, 0.2) is 43.0 Å². The van der Waals surface area contributed by atoms with E-state index in [2.05, 4.69) is 22.5 Å². The molecule has 3 rings (SSSR count). The maximum Gasteiger partial charge on any atom is 0.329 e. The molecule has 0 spiro atoms. The second-order valence-corrected chi connectivity index (χ2v) is 14.9. The molecule has 47 heavy (non-hydrogen) atoms. The van der Waals surface area contributed by atoms with Crippen LogP contribution < -0.4 is 21.7 Å². The molecule has 258 valence electrons. The molecule has 1 saturated carbocycles. The monoisotopic (exact) mass is 653 g/mol. The number of likely N-dealkylation sites (tertiary alicyclic amines) is 1. The first-order valence-corrected chi connectivity index (χ1v) is 16.2. The van der Waals surface area contributed by atoms with Gasteiger partial charge in [-0.05, 0) is 48.0 Å². The lowest BCUT2D eigenvalue weighted by Gasteiger charge is -2.36. The van der Waals surface area contributed by atoms with Crippen molar-refractivity contribution in [1.82, 2.24) is 20.9 Å². The number of nitrogens with zero attached hydrogens (tertiary/aromatic N) is 1. The summed E-state index contributed by atoms with van der Waals surface area (Å²) in [5.74, 6) is -3.72. The van der Waals surface area contributed by atoms with Crippen molar-refractivity contribution in [1.29, 1.82) is 0 Å². The van der Waals surface area contributed by atoms with Crippen molar-refractivity contribution >= 4 is 35.5 Å². The van der Waals surface area contributed by atoms with Gasteiger partial charge in [0, 0.05) is 6.54 Å². The zero-order chi connectivity index (χ0) is 35.3. The van der Waals surface area contributed by atoms with Crippen LogP contribution in [-0.2, 0) is 28.7 Å². The predicted molar refractivity (Wildman–Crippen MR) is 176 cm³/mol. The van der Waals surface area contributed by atoms with Crippen LogP contribution in [0.3, 0.4) is 0 Å². The molecule has 2 fully saturated rings. The molecule has 1 heterocycles. The van der Waals surface area contributed by atoms with Gasteiger partial charge in [-0.1, -0.05) is 90.8 Å². The van der Waals surface area contributed by atoms with Crippen molar-refractivity contribution in [2.45, 2.75) is 104 Å². The van der Waals surface area contributed by atoms with Gasteiger partial charge in [0.1, 0.15) is 24.2 Å². The first-order valence-electron chi connectivity index (χ1n) is 16.2. The zero-order valence-electron chi connectivity index (χ0n) is 28.6. The van der Waals surface area contributed by atoms with Gasteiger partial charge < -0.3 is 31.3 Å². The highest BCUT2D eigenvalue weighted by atomic mass is 16.5. The molecular weight excluding hydrogens is 602 g/mol. The van der Waals surface area contributed by atoms with Crippen LogP contribution in [0, 0.1) is 22.7 Å². The van der Waals surface area contributed by atoms with Crippen molar-refractivity contribution in [3.8, 4) is 0 Å². The maximum absolute atomic E-state index is 14.2. The number of rotatable bonds is 13. The molecule has 5 N–H and O–H groups in total. The molecule has 2 aliphatic rings. The van der Waals surface area contributed by atoms with Gasteiger partial charge in [-0.15, -0.1) is 6.58 Å². The first-order chi connectivity index (χ1) is 21.8. The Morgan fingerprint density at radius 3 is 2.04 bits per heavy atom. The Bertz CT molecular complexity index is 1350. The third kappa shape index (κ3) is 10.1. The van der Waals surface area contributed by atoms with Gasteiger partial charge >= 0.3 is 12.0 Å². The van der Waals surface area contributed by atoms with Crippen LogP contribution in [0.4, 0.5) is 4.79 Å². The molecule has 6 atom stereocenters. The van der Waals surface area contributed by atoms with Gasteiger partial charge in [0.2, 0.25) is 17.6 Å². The number of benzene rings is 1. The Kier molecular flexibility index (Phi) is 12.0. The molecule has 1 unspecified atom stereocenters. The molecule has 0 bridgehead atoms. The largest absolute Gasteiger partial charge is 0.456 e. The number of ether oxygens (including phenoxy) is 1. The maximum atomic E-state index is 14.2. The second kappa shape index (κ2) is 15.1. The van der Waals surface area contributed by atoms with Crippen LogP contribution in [0.25, 0.3) is 0 Å². The number of nitrogens with two attached hydrogens (primary N) is 1. The molecule has 1 saturated heterocycles. The lowest BCUT2D eigenvalue weighted by Crippen LogP contribution is -2.61. The number of primary amides is 1. The van der Waals surface area contributed by atoms with Gasteiger partial charge in [-0.2, -0.15) is 0 Å². The number of urea groups is 1. The highest BCUT2D eigenvalue weighted by Crippen LogP contribution is 2.34. The summed E-state index contributed by atoms with van der Waals surface area (Å²) in [5.41, 5.74) is 4.51. The van der Waals surface area contributed by atoms with E-state index >= 15 is 0 Å². The van der Waals surface area contributed by atoms with Crippen LogP contribution >= 0.6 is 0 Å². The number of hydrogen-bond acceptors (Lipinski definition) is 7. The summed E-state index contributed by atoms with van der Waals surface area (Å²) in [6.45, 7) is 16.5. The number of Topliss-reactive ketones (excluding diaryl/α,β-unsaturated/α-hetero) is 1. The summed E-state index contributed by atoms with van der Waals surface area (Å²) in [6, 6.07) is 4.28. The SMILES string of the molecule is C=C[C@@H]1C[C@@H](C(=O)NC(CC2CC2)C(=O)C(N)=O)N(C(=O)[C@@H](NC(=O)N[C@H](C(=O)O[C@H](C)c2ccccc2)C(C)(C)C)C(C)(C)C)C1. The zero-order valence-corrected chi connectivity index (χ0v) is 28.6. The van der Waals surface area contributed by atoms with Gasteiger partial charge in [0.05, 0.1) is 6.04 Å². The molecule has 0 radical (unpaired) electrons. The third-order valence-corrected chi connectivity index (χ3v) is 8.72. The fourth-order valence-corrected chi connectivity index (χ4v) is 5.67. The Labute approximate surface area is 277 Å². The average molecular weight is 654 g/mol. The minimum absolute atomic E-state index is 0.168. The minimum atomic E-state index is -1.13. The molecule has 1 aliphatic heterocycles. The van der Waals surface area contributed by atoms with E-state index in [4.69, 9.17) is 10.5 Å². The van der Waals surface area contributed by atoms with Gasteiger partial charge in [-0.25, -0.2) is 9.59 Å². The number of ketones is 1. The number of amides is 5. The smallest absolute Gasteiger partial charge is 0.329 e. The number of nitrogens with one attached hydrogen (secondary N) is 3. The van der Waals surface area contributed by atoms with Crippen LogP contribution in [-0.4, -0.2) is 71.1 Å². The molecule has 0 aromatic heterocycles. The van der Waals surface area contributed by atoms with E-state index in [1.165, 1.54) is 4.90 Å². The topological polar surface area (TPSA) is 177 Å². The number of carbonyl (C=O) groups is 6. The first kappa shape index (κ1) is 37.2. The lowest BCUT2D eigenvalue weighted by atomic mass is 9.85. The standard InChI is InChI=1S/C35H51N5O7/c1-9-21-18-25(30(43)37-24(17-22-15-16-22)26(41)29(36)42)40(19-21)31(44)27(34(3,4)5)38-33(46)39-28(35(6,7)8)32(45)47-20(2)23-13-11-10-12-14-23/h9-14,20-22,24-25,27-28H,1,15-19H2,2-8H3,(H2,36,42)(H,37,43)(H2,38,39,46)/t20-,21-,24?,25+,27-,28-/m1/s1. The number of carbonyl (C=O) groups excluding carboxylic acids is 6. The summed E-state index contributed by atoms with van der Waals surface area (Å²) in [5, 5.41) is 8.14. The Morgan fingerprint density at radius 1 is 0.957 bits per heavy atom. The number of esters is 1. The summed E-state index contributed by atoms with van der Waals surface area (Å²) >= 11 is 0. The van der Waals surface area contributed by atoms with E-state index in [0.717, 1.165) is 18.4 Å². The molecular formula is C35H51N5O7. The minimum Gasteiger partial charge on any atom is -0.456 e. The van der Waals surface area contributed by atoms with E-state index in [0.29, 0.717) is 6.42 Å². The fraction of sp³-hybridized carbons (Fsp3) is 0.600. The summed E-state index contributed by atoms with van der Waals surface area (Å²) in [4.78, 5) is 80.2. The molecule has 1 aliphatic carbocycles. The van der Waals surface area contributed by atoms with E-state index < -0.39 is 76.6 Å². The Hall–Kier alpha value is -4.22. The van der Waals surface area contributed by atoms with Crippen molar-refractivity contribution < 1.29 is 33.5 Å². The highest BCUT2D eigenvalue weighted by molar-refractivity contribution is 6.37. The fourth-order valence-electron chi connectivity index (χ4n) is 5.67.